The number of hydrogen-bond donors (Lipinski definition) is 0. The van der Waals surface area contributed by atoms with Gasteiger partial charge >= 0.3 is 0 Å². The first-order valence-electron chi connectivity index (χ1n) is 7.96. The van der Waals surface area contributed by atoms with Crippen LogP contribution in [0.4, 0.5) is 8.78 Å². The fourth-order valence-electron chi connectivity index (χ4n) is 4.39. The summed E-state index contributed by atoms with van der Waals surface area (Å²) in [6, 6.07) is 9.53. The summed E-state index contributed by atoms with van der Waals surface area (Å²) in [6.07, 6.45) is 0.868. The maximum atomic E-state index is 14.8. The highest BCUT2D eigenvalue weighted by atomic mass is 19.1. The lowest BCUT2D eigenvalue weighted by Gasteiger charge is -2.62. The summed E-state index contributed by atoms with van der Waals surface area (Å²) in [4.78, 5) is 4.22. The Balaban J connectivity index is 1.50. The number of halogens is 2. The zero-order valence-corrected chi connectivity index (χ0v) is 12.1. The lowest BCUT2D eigenvalue weighted by Crippen LogP contribution is -2.54. The van der Waals surface area contributed by atoms with E-state index in [9.17, 15) is 8.78 Å². The van der Waals surface area contributed by atoms with Crippen LogP contribution in [0.15, 0.2) is 30.3 Å². The molecule has 0 amide bonds. The Labute approximate surface area is 127 Å². The van der Waals surface area contributed by atoms with Gasteiger partial charge in [0.2, 0.25) is 0 Å². The summed E-state index contributed by atoms with van der Waals surface area (Å²) < 4.78 is 30.6. The van der Waals surface area contributed by atoms with Crippen LogP contribution in [-0.2, 0) is 0 Å². The molecule has 2 aromatic rings. The van der Waals surface area contributed by atoms with Crippen LogP contribution in [0.5, 0.6) is 0 Å². The minimum atomic E-state index is -1.16. The van der Waals surface area contributed by atoms with Crippen molar-refractivity contribution in [2.24, 2.45) is 11.3 Å². The molecule has 0 radical (unpaired) electrons. The largest absolute Gasteiger partial charge is 0.239 e. The molecule has 1 aliphatic heterocycles. The highest BCUT2D eigenvalue weighted by Gasteiger charge is 2.62. The molecule has 114 valence electrons. The maximum Gasteiger partial charge on any atom is 0.185 e. The molecule has 2 heterocycles. The van der Waals surface area contributed by atoms with Crippen LogP contribution >= 0.6 is 0 Å². The Morgan fingerprint density at radius 2 is 1.91 bits per heavy atom. The van der Waals surface area contributed by atoms with Gasteiger partial charge in [-0.05, 0) is 30.7 Å². The second-order valence-electron chi connectivity index (χ2n) is 7.11. The van der Waals surface area contributed by atoms with E-state index in [4.69, 9.17) is 0 Å². The SMILES string of the molecule is FC1CC(c2ccccc2)n2nc(C(F)C34CC(C3)C4)nc21. The molecule has 2 bridgehead atoms. The summed E-state index contributed by atoms with van der Waals surface area (Å²) in [5.74, 6) is 1.19. The zero-order chi connectivity index (χ0) is 14.9. The van der Waals surface area contributed by atoms with E-state index in [2.05, 4.69) is 10.1 Å². The summed E-state index contributed by atoms with van der Waals surface area (Å²) in [7, 11) is 0. The van der Waals surface area contributed by atoms with Crippen LogP contribution < -0.4 is 0 Å². The number of fused-ring (bicyclic) bond motifs is 1. The van der Waals surface area contributed by atoms with Crippen molar-refractivity contribution in [1.82, 2.24) is 14.8 Å². The quantitative estimate of drug-likeness (QED) is 0.855. The molecule has 3 nitrogen and oxygen atoms in total. The lowest BCUT2D eigenvalue weighted by atomic mass is 9.42. The van der Waals surface area contributed by atoms with Crippen molar-refractivity contribution in [3.05, 3.63) is 47.5 Å². The molecule has 3 unspecified atom stereocenters. The van der Waals surface area contributed by atoms with Crippen LogP contribution in [0.25, 0.3) is 0 Å². The van der Waals surface area contributed by atoms with Crippen molar-refractivity contribution < 1.29 is 8.78 Å². The minimum absolute atomic E-state index is 0.173. The van der Waals surface area contributed by atoms with Crippen molar-refractivity contribution in [3.8, 4) is 0 Å². The second kappa shape index (κ2) is 4.15. The molecule has 5 heteroatoms. The van der Waals surface area contributed by atoms with Gasteiger partial charge in [0, 0.05) is 11.8 Å². The van der Waals surface area contributed by atoms with Gasteiger partial charge in [-0.15, -0.1) is 0 Å². The summed E-state index contributed by atoms with van der Waals surface area (Å²) >= 11 is 0. The van der Waals surface area contributed by atoms with Gasteiger partial charge in [-0.1, -0.05) is 30.3 Å². The van der Waals surface area contributed by atoms with Crippen LogP contribution in [0.1, 0.15) is 61.3 Å². The number of benzene rings is 1. The molecular formula is C17H17F2N3. The molecule has 1 aromatic carbocycles. The first kappa shape index (κ1) is 12.7. The minimum Gasteiger partial charge on any atom is -0.239 e. The van der Waals surface area contributed by atoms with Crippen molar-refractivity contribution >= 4 is 0 Å². The standard InChI is InChI=1S/C17H17F2N3/c18-12-6-13(11-4-2-1-3-5-11)22-16(12)20-15(21-22)14(19)17-7-10(8-17)9-17/h1-5,10,12-14H,6-9H2. The number of rotatable bonds is 3. The summed E-state index contributed by atoms with van der Waals surface area (Å²) in [6.45, 7) is 0. The van der Waals surface area contributed by atoms with Crippen molar-refractivity contribution in [2.75, 3.05) is 0 Å². The van der Waals surface area contributed by atoms with Gasteiger partial charge in [0.15, 0.2) is 24.0 Å². The highest BCUT2D eigenvalue weighted by Crippen LogP contribution is 2.70. The molecular weight excluding hydrogens is 284 g/mol. The van der Waals surface area contributed by atoms with Crippen LogP contribution in [0.3, 0.4) is 0 Å². The van der Waals surface area contributed by atoms with Gasteiger partial charge in [0.25, 0.3) is 0 Å². The van der Waals surface area contributed by atoms with E-state index in [1.807, 2.05) is 30.3 Å². The lowest BCUT2D eigenvalue weighted by molar-refractivity contribution is -0.162. The normalized spacial score (nSPS) is 36.4. The number of nitrogens with zero attached hydrogens (tertiary/aromatic N) is 3. The van der Waals surface area contributed by atoms with Gasteiger partial charge in [-0.2, -0.15) is 5.10 Å². The van der Waals surface area contributed by atoms with Crippen molar-refractivity contribution in [2.45, 2.75) is 44.1 Å². The second-order valence-corrected chi connectivity index (χ2v) is 7.11. The maximum absolute atomic E-state index is 14.8. The third kappa shape index (κ3) is 1.54. The smallest absolute Gasteiger partial charge is 0.185 e. The van der Waals surface area contributed by atoms with Gasteiger partial charge in [0.05, 0.1) is 6.04 Å². The topological polar surface area (TPSA) is 30.7 Å². The molecule has 3 atom stereocenters. The van der Waals surface area contributed by atoms with Crippen LogP contribution in [0, 0.1) is 11.3 Å². The Hall–Kier alpha value is -1.78. The highest BCUT2D eigenvalue weighted by molar-refractivity contribution is 5.24. The van der Waals surface area contributed by atoms with E-state index in [-0.39, 0.29) is 23.1 Å². The van der Waals surface area contributed by atoms with Gasteiger partial charge in [0.1, 0.15) is 0 Å². The van der Waals surface area contributed by atoms with Crippen LogP contribution in [-0.4, -0.2) is 14.8 Å². The summed E-state index contributed by atoms with van der Waals surface area (Å²) in [5, 5.41) is 4.36. The predicted octanol–water partition coefficient (Wildman–Crippen LogP) is 4.09. The zero-order valence-electron chi connectivity index (χ0n) is 12.1. The molecule has 3 aliphatic carbocycles. The summed E-state index contributed by atoms with van der Waals surface area (Å²) in [5.41, 5.74) is 0.766. The molecule has 0 spiro atoms. The predicted molar refractivity (Wildman–Crippen MR) is 76.7 cm³/mol. The van der Waals surface area contributed by atoms with Gasteiger partial charge < -0.3 is 0 Å². The van der Waals surface area contributed by atoms with E-state index >= 15 is 0 Å². The molecule has 0 saturated heterocycles. The van der Waals surface area contributed by atoms with E-state index in [1.165, 1.54) is 0 Å². The van der Waals surface area contributed by atoms with Crippen molar-refractivity contribution in [3.63, 3.8) is 0 Å². The monoisotopic (exact) mass is 301 g/mol. The molecule has 4 aliphatic rings. The Bertz CT molecular complexity index is 710. The fourth-order valence-corrected chi connectivity index (χ4v) is 4.39. The average Bonchev–Trinajstić information content (AvgIpc) is 2.97. The fraction of sp³-hybridized carbons (Fsp3) is 0.529. The van der Waals surface area contributed by atoms with E-state index in [0.717, 1.165) is 24.8 Å². The Morgan fingerprint density at radius 3 is 2.55 bits per heavy atom. The first-order valence-corrected chi connectivity index (χ1v) is 7.96. The molecule has 3 saturated carbocycles. The number of aromatic nitrogens is 3. The molecule has 1 aromatic heterocycles. The van der Waals surface area contributed by atoms with E-state index < -0.39 is 12.3 Å². The van der Waals surface area contributed by atoms with Gasteiger partial charge in [-0.3, -0.25) is 0 Å². The molecule has 3 fully saturated rings. The first-order chi connectivity index (χ1) is 10.7. The molecule has 22 heavy (non-hydrogen) atoms. The Kier molecular flexibility index (Phi) is 2.40. The third-order valence-electron chi connectivity index (χ3n) is 5.71. The van der Waals surface area contributed by atoms with Gasteiger partial charge in [-0.25, -0.2) is 18.4 Å². The molecule has 0 N–H and O–H groups in total. The van der Waals surface area contributed by atoms with Crippen molar-refractivity contribution in [1.29, 1.82) is 0 Å². The number of alkyl halides is 2. The average molecular weight is 301 g/mol. The van der Waals surface area contributed by atoms with Crippen LogP contribution in [0.2, 0.25) is 0 Å². The number of hydrogen-bond acceptors (Lipinski definition) is 2. The van der Waals surface area contributed by atoms with E-state index in [1.54, 1.807) is 4.68 Å². The third-order valence-corrected chi connectivity index (χ3v) is 5.71. The van der Waals surface area contributed by atoms with E-state index in [0.29, 0.717) is 12.3 Å². The molecule has 6 rings (SSSR count). The Morgan fingerprint density at radius 1 is 1.18 bits per heavy atom.